The standard InChI is InChI=1S/C21H40/c1-15-14-16(2,3)18(6,7)20(10,11)21(12,13)19(8,9)17(15,4)5/h14H,1-13H3/b15-14+. The molecule has 0 aliphatic heterocycles. The van der Waals surface area contributed by atoms with E-state index in [1.54, 1.807) is 0 Å². The summed E-state index contributed by atoms with van der Waals surface area (Å²) in [5, 5.41) is 0. The quantitative estimate of drug-likeness (QED) is 0.417. The van der Waals surface area contributed by atoms with Gasteiger partial charge in [0.25, 0.3) is 0 Å². The molecule has 0 aromatic rings. The highest BCUT2D eigenvalue weighted by Gasteiger charge is 2.63. The van der Waals surface area contributed by atoms with E-state index < -0.39 is 0 Å². The lowest BCUT2D eigenvalue weighted by atomic mass is 9.37. The Morgan fingerprint density at radius 2 is 0.857 bits per heavy atom. The summed E-state index contributed by atoms with van der Waals surface area (Å²) in [5.74, 6) is 0. The predicted octanol–water partition coefficient (Wildman–Crippen LogP) is 7.10. The highest BCUT2D eigenvalue weighted by Crippen LogP contribution is 2.70. The van der Waals surface area contributed by atoms with Gasteiger partial charge in [0.05, 0.1) is 0 Å². The second kappa shape index (κ2) is 4.39. The van der Waals surface area contributed by atoms with Gasteiger partial charge in [-0.15, -0.1) is 0 Å². The molecule has 21 heavy (non-hydrogen) atoms. The van der Waals surface area contributed by atoms with Crippen LogP contribution in [0.4, 0.5) is 0 Å². The van der Waals surface area contributed by atoms with Gasteiger partial charge in [0.15, 0.2) is 0 Å². The van der Waals surface area contributed by atoms with E-state index in [1.807, 2.05) is 0 Å². The molecule has 1 rings (SSSR count). The Morgan fingerprint density at radius 3 is 1.24 bits per heavy atom. The Balaban J connectivity index is 3.89. The number of hydrogen-bond acceptors (Lipinski definition) is 0. The van der Waals surface area contributed by atoms with Gasteiger partial charge in [-0.25, -0.2) is 0 Å². The van der Waals surface area contributed by atoms with Crippen LogP contribution in [-0.2, 0) is 0 Å². The molecule has 0 fully saturated rings. The first-order valence-corrected chi connectivity index (χ1v) is 8.58. The molecule has 0 nitrogen and oxygen atoms in total. The van der Waals surface area contributed by atoms with E-state index in [-0.39, 0.29) is 32.5 Å². The van der Waals surface area contributed by atoms with Crippen LogP contribution in [0.5, 0.6) is 0 Å². The van der Waals surface area contributed by atoms with Crippen molar-refractivity contribution in [1.29, 1.82) is 0 Å². The van der Waals surface area contributed by atoms with Crippen LogP contribution in [0.2, 0.25) is 0 Å². The fourth-order valence-corrected chi connectivity index (χ4v) is 4.54. The van der Waals surface area contributed by atoms with Crippen molar-refractivity contribution in [2.24, 2.45) is 32.5 Å². The summed E-state index contributed by atoms with van der Waals surface area (Å²) >= 11 is 0. The van der Waals surface area contributed by atoms with E-state index >= 15 is 0 Å². The first kappa shape index (κ1) is 18.8. The molecule has 0 heteroatoms. The van der Waals surface area contributed by atoms with Crippen LogP contribution in [0.3, 0.4) is 0 Å². The van der Waals surface area contributed by atoms with E-state index in [4.69, 9.17) is 0 Å². The molecule has 0 atom stereocenters. The number of rotatable bonds is 0. The molecule has 0 radical (unpaired) electrons. The van der Waals surface area contributed by atoms with Crippen molar-refractivity contribution in [3.63, 3.8) is 0 Å². The van der Waals surface area contributed by atoms with Crippen LogP contribution in [0.25, 0.3) is 0 Å². The molecule has 0 unspecified atom stereocenters. The predicted molar refractivity (Wildman–Crippen MR) is 96.4 cm³/mol. The van der Waals surface area contributed by atoms with Crippen LogP contribution in [0.1, 0.15) is 90.0 Å². The van der Waals surface area contributed by atoms with Gasteiger partial charge >= 0.3 is 0 Å². The Kier molecular flexibility index (Phi) is 3.93. The van der Waals surface area contributed by atoms with Crippen LogP contribution in [0, 0.1) is 32.5 Å². The van der Waals surface area contributed by atoms with Gasteiger partial charge < -0.3 is 0 Å². The molecular formula is C21H40. The van der Waals surface area contributed by atoms with Gasteiger partial charge in [-0.3, -0.25) is 0 Å². The fraction of sp³-hybridized carbons (Fsp3) is 0.905. The zero-order chi connectivity index (χ0) is 17.3. The minimum absolute atomic E-state index is 0.172. The summed E-state index contributed by atoms with van der Waals surface area (Å²) in [6, 6.07) is 0. The summed E-state index contributed by atoms with van der Waals surface area (Å²) in [6.45, 7) is 31.9. The molecule has 0 aromatic carbocycles. The highest BCUT2D eigenvalue weighted by atomic mass is 14.7. The minimum Gasteiger partial charge on any atom is -0.0788 e. The Morgan fingerprint density at radius 1 is 0.524 bits per heavy atom. The number of hydrogen-bond donors (Lipinski definition) is 0. The fourth-order valence-electron chi connectivity index (χ4n) is 4.54. The van der Waals surface area contributed by atoms with Crippen molar-refractivity contribution < 1.29 is 0 Å². The smallest absolute Gasteiger partial charge is 0.00908 e. The Labute approximate surface area is 134 Å². The third kappa shape index (κ3) is 2.00. The van der Waals surface area contributed by atoms with Crippen molar-refractivity contribution in [2.75, 3.05) is 0 Å². The van der Waals surface area contributed by atoms with Crippen LogP contribution in [-0.4, -0.2) is 0 Å². The van der Waals surface area contributed by atoms with Crippen molar-refractivity contribution >= 4 is 0 Å². The SMILES string of the molecule is C/C1=C\C(C)(C)C(C)(C)C(C)(C)C(C)(C)C(C)(C)C1(C)C. The summed E-state index contributed by atoms with van der Waals surface area (Å²) < 4.78 is 0. The van der Waals surface area contributed by atoms with Crippen molar-refractivity contribution in [1.82, 2.24) is 0 Å². The normalized spacial score (nSPS) is 34.2. The molecule has 0 heterocycles. The molecule has 0 spiro atoms. The van der Waals surface area contributed by atoms with Gasteiger partial charge in [0, 0.05) is 0 Å². The molecule has 1 aliphatic carbocycles. The second-order valence-electron chi connectivity index (χ2n) is 10.7. The van der Waals surface area contributed by atoms with Gasteiger partial charge in [-0.2, -0.15) is 0 Å². The zero-order valence-electron chi connectivity index (χ0n) is 17.1. The second-order valence-corrected chi connectivity index (χ2v) is 10.7. The maximum Gasteiger partial charge on any atom is -0.00908 e. The topological polar surface area (TPSA) is 0 Å². The lowest BCUT2D eigenvalue weighted by Gasteiger charge is -2.67. The third-order valence-electron chi connectivity index (χ3n) is 9.42. The molecule has 1 aliphatic rings. The van der Waals surface area contributed by atoms with E-state index in [2.05, 4.69) is 96.1 Å². The van der Waals surface area contributed by atoms with Crippen molar-refractivity contribution in [2.45, 2.75) is 90.0 Å². The van der Waals surface area contributed by atoms with Crippen molar-refractivity contribution in [3.05, 3.63) is 11.6 Å². The molecule has 0 aromatic heterocycles. The molecule has 0 N–H and O–H groups in total. The average Bonchev–Trinajstić information content (AvgIpc) is 2.25. The molecule has 0 saturated heterocycles. The molecule has 0 bridgehead atoms. The largest absolute Gasteiger partial charge is 0.0788 e. The first-order valence-electron chi connectivity index (χ1n) is 8.58. The molecule has 124 valence electrons. The monoisotopic (exact) mass is 292 g/mol. The van der Waals surface area contributed by atoms with Gasteiger partial charge in [-0.1, -0.05) is 94.7 Å². The summed E-state index contributed by atoms with van der Waals surface area (Å²) in [7, 11) is 0. The lowest BCUT2D eigenvalue weighted by molar-refractivity contribution is -0.164. The number of allylic oxidation sites excluding steroid dienone is 2. The van der Waals surface area contributed by atoms with E-state index in [9.17, 15) is 0 Å². The van der Waals surface area contributed by atoms with Gasteiger partial charge in [0.2, 0.25) is 0 Å². The van der Waals surface area contributed by atoms with E-state index in [1.165, 1.54) is 5.57 Å². The Bertz CT molecular complexity index is 450. The van der Waals surface area contributed by atoms with E-state index in [0.717, 1.165) is 0 Å². The molecule has 0 saturated carbocycles. The van der Waals surface area contributed by atoms with Crippen molar-refractivity contribution in [3.8, 4) is 0 Å². The minimum atomic E-state index is 0.172. The summed E-state index contributed by atoms with van der Waals surface area (Å²) in [4.78, 5) is 0. The molecule has 0 amide bonds. The maximum absolute atomic E-state index is 2.56. The first-order chi connectivity index (χ1) is 8.88. The third-order valence-corrected chi connectivity index (χ3v) is 9.42. The lowest BCUT2D eigenvalue weighted by Crippen LogP contribution is -2.61. The van der Waals surface area contributed by atoms with Crippen LogP contribution in [0.15, 0.2) is 11.6 Å². The molecular weight excluding hydrogens is 252 g/mol. The Hall–Kier alpha value is -0.260. The maximum atomic E-state index is 2.56. The zero-order valence-corrected chi connectivity index (χ0v) is 17.1. The van der Waals surface area contributed by atoms with Gasteiger partial charge in [0.1, 0.15) is 0 Å². The summed E-state index contributed by atoms with van der Waals surface area (Å²) in [6.07, 6.45) is 2.56. The van der Waals surface area contributed by atoms with Crippen LogP contribution < -0.4 is 0 Å². The van der Waals surface area contributed by atoms with Gasteiger partial charge in [-0.05, 0) is 39.4 Å². The van der Waals surface area contributed by atoms with Crippen LogP contribution >= 0.6 is 0 Å². The summed E-state index contributed by atoms with van der Waals surface area (Å²) in [5.41, 5.74) is 2.72. The highest BCUT2D eigenvalue weighted by molar-refractivity contribution is 5.26. The van der Waals surface area contributed by atoms with E-state index in [0.29, 0.717) is 0 Å². The average molecular weight is 293 g/mol.